The molecule has 6 heteroatoms. The number of rotatable bonds is 4. The van der Waals surface area contributed by atoms with Gasteiger partial charge in [-0.15, -0.1) is 0 Å². The third-order valence-corrected chi connectivity index (χ3v) is 4.19. The van der Waals surface area contributed by atoms with Gasteiger partial charge in [-0.3, -0.25) is 14.5 Å². The first-order valence-corrected chi connectivity index (χ1v) is 7.13. The van der Waals surface area contributed by atoms with Crippen molar-refractivity contribution in [3.05, 3.63) is 17.5 Å². The second kappa shape index (κ2) is 5.98. The summed E-state index contributed by atoms with van der Waals surface area (Å²) in [5.41, 5.74) is 8.07. The van der Waals surface area contributed by atoms with Gasteiger partial charge in [-0.05, 0) is 19.9 Å². The highest BCUT2D eigenvalue weighted by molar-refractivity contribution is 7.80. The van der Waals surface area contributed by atoms with E-state index in [0.29, 0.717) is 4.99 Å². The molecule has 5 nitrogen and oxygen atoms in total. The molecule has 0 saturated carbocycles. The molecule has 1 aliphatic heterocycles. The molecule has 19 heavy (non-hydrogen) atoms. The molecule has 1 aromatic rings. The third kappa shape index (κ3) is 3.52. The molecular formula is C13H23N5S. The van der Waals surface area contributed by atoms with Crippen LogP contribution in [0, 0.1) is 6.92 Å². The Balaban J connectivity index is 1.87. The summed E-state index contributed by atoms with van der Waals surface area (Å²) < 4.78 is 1.97. The monoisotopic (exact) mass is 281 g/mol. The molecule has 1 unspecified atom stereocenters. The van der Waals surface area contributed by atoms with Crippen molar-refractivity contribution in [2.75, 3.05) is 26.2 Å². The molecule has 0 bridgehead atoms. The van der Waals surface area contributed by atoms with E-state index in [4.69, 9.17) is 18.0 Å². The number of aryl methyl sites for hydroxylation is 2. The van der Waals surface area contributed by atoms with Gasteiger partial charge in [-0.25, -0.2) is 0 Å². The van der Waals surface area contributed by atoms with Gasteiger partial charge in [0.25, 0.3) is 0 Å². The fourth-order valence-electron chi connectivity index (χ4n) is 2.53. The Morgan fingerprint density at radius 1 is 1.42 bits per heavy atom. The Hall–Kier alpha value is -0.980. The summed E-state index contributed by atoms with van der Waals surface area (Å²) in [5, 5.41) is 4.39. The zero-order valence-electron chi connectivity index (χ0n) is 12.0. The molecule has 2 heterocycles. The molecular weight excluding hydrogens is 258 g/mol. The van der Waals surface area contributed by atoms with E-state index in [9.17, 15) is 0 Å². The molecule has 0 amide bonds. The maximum absolute atomic E-state index is 5.71. The number of nitrogens with zero attached hydrogens (tertiary/aromatic N) is 4. The Labute approximate surface area is 120 Å². The van der Waals surface area contributed by atoms with Crippen LogP contribution in [0.25, 0.3) is 0 Å². The van der Waals surface area contributed by atoms with Crippen LogP contribution >= 0.6 is 12.2 Å². The van der Waals surface area contributed by atoms with Crippen LogP contribution in [0.1, 0.15) is 18.3 Å². The quantitative estimate of drug-likeness (QED) is 0.816. The summed E-state index contributed by atoms with van der Waals surface area (Å²) in [5.74, 6) is 0. The lowest BCUT2D eigenvalue weighted by atomic mass is 10.2. The molecule has 0 spiro atoms. The van der Waals surface area contributed by atoms with Gasteiger partial charge in [0.15, 0.2) is 0 Å². The van der Waals surface area contributed by atoms with E-state index >= 15 is 0 Å². The van der Waals surface area contributed by atoms with Crippen LogP contribution in [-0.2, 0) is 13.6 Å². The minimum absolute atomic E-state index is 0.205. The van der Waals surface area contributed by atoms with Crippen molar-refractivity contribution >= 4 is 17.2 Å². The zero-order chi connectivity index (χ0) is 14.0. The molecule has 1 fully saturated rings. The van der Waals surface area contributed by atoms with Crippen LogP contribution in [-0.4, -0.2) is 56.8 Å². The number of hydrogen-bond acceptors (Lipinski definition) is 4. The Morgan fingerprint density at radius 3 is 2.53 bits per heavy atom. The smallest absolute Gasteiger partial charge is 0.0899 e. The van der Waals surface area contributed by atoms with Crippen LogP contribution in [0.3, 0.4) is 0 Å². The fraction of sp³-hybridized carbons (Fsp3) is 0.692. The summed E-state index contributed by atoms with van der Waals surface area (Å²) in [6, 6.07) is 2.36. The van der Waals surface area contributed by atoms with Gasteiger partial charge in [0.05, 0.1) is 22.4 Å². The lowest BCUT2D eigenvalue weighted by molar-refractivity contribution is 0.116. The maximum atomic E-state index is 5.71. The summed E-state index contributed by atoms with van der Waals surface area (Å²) in [4.78, 5) is 5.41. The van der Waals surface area contributed by atoms with Crippen LogP contribution in [0.2, 0.25) is 0 Å². The topological polar surface area (TPSA) is 50.3 Å². The minimum Gasteiger partial charge on any atom is -0.392 e. The number of nitrogens with two attached hydrogens (primary N) is 1. The zero-order valence-corrected chi connectivity index (χ0v) is 12.8. The van der Waals surface area contributed by atoms with Crippen LogP contribution < -0.4 is 5.73 Å². The normalized spacial score (nSPS) is 19.5. The summed E-state index contributed by atoms with van der Waals surface area (Å²) in [6.07, 6.45) is 0. The number of hydrogen-bond donors (Lipinski definition) is 1. The van der Waals surface area contributed by atoms with E-state index in [1.54, 1.807) is 0 Å². The standard InChI is InChI=1S/C13H23N5S/c1-10-8-12(16(3)15-10)9-17-4-6-18(7-5-17)11(2)13(14)19/h8,11H,4-7,9H2,1-3H3,(H2,14,19). The second-order valence-corrected chi connectivity index (χ2v) is 5.76. The maximum Gasteiger partial charge on any atom is 0.0899 e. The van der Waals surface area contributed by atoms with E-state index in [2.05, 4.69) is 27.9 Å². The van der Waals surface area contributed by atoms with E-state index < -0.39 is 0 Å². The first-order chi connectivity index (χ1) is 8.97. The van der Waals surface area contributed by atoms with Crippen molar-refractivity contribution in [3.8, 4) is 0 Å². The summed E-state index contributed by atoms with van der Waals surface area (Å²) in [6.45, 7) is 9.24. The van der Waals surface area contributed by atoms with Gasteiger partial charge in [0.1, 0.15) is 0 Å². The number of piperazine rings is 1. The first-order valence-electron chi connectivity index (χ1n) is 6.72. The van der Waals surface area contributed by atoms with Crippen LogP contribution in [0.15, 0.2) is 6.07 Å². The number of thiocarbonyl (C=S) groups is 1. The molecule has 106 valence electrons. The Kier molecular flexibility index (Phi) is 4.54. The van der Waals surface area contributed by atoms with Gasteiger partial charge in [-0.2, -0.15) is 5.10 Å². The van der Waals surface area contributed by atoms with Crippen molar-refractivity contribution in [1.82, 2.24) is 19.6 Å². The average Bonchev–Trinajstić information content (AvgIpc) is 2.68. The van der Waals surface area contributed by atoms with E-state index in [-0.39, 0.29) is 6.04 Å². The fourth-order valence-corrected chi connectivity index (χ4v) is 2.68. The average molecular weight is 281 g/mol. The predicted octanol–water partition coefficient (Wildman–Crippen LogP) is 0.521. The van der Waals surface area contributed by atoms with Gasteiger partial charge in [-0.1, -0.05) is 12.2 Å². The summed E-state index contributed by atoms with van der Waals surface area (Å²) >= 11 is 5.06. The molecule has 1 aromatic heterocycles. The van der Waals surface area contributed by atoms with Gasteiger partial charge in [0, 0.05) is 39.8 Å². The second-order valence-electron chi connectivity index (χ2n) is 5.29. The van der Waals surface area contributed by atoms with E-state index in [1.165, 1.54) is 5.69 Å². The molecule has 1 atom stereocenters. The minimum atomic E-state index is 0.205. The van der Waals surface area contributed by atoms with Crippen molar-refractivity contribution in [1.29, 1.82) is 0 Å². The molecule has 0 aliphatic carbocycles. The van der Waals surface area contributed by atoms with Crippen molar-refractivity contribution < 1.29 is 0 Å². The van der Waals surface area contributed by atoms with Crippen molar-refractivity contribution in [2.45, 2.75) is 26.4 Å². The third-order valence-electron chi connectivity index (χ3n) is 3.85. The van der Waals surface area contributed by atoms with Crippen LogP contribution in [0.4, 0.5) is 0 Å². The van der Waals surface area contributed by atoms with Gasteiger partial charge >= 0.3 is 0 Å². The largest absolute Gasteiger partial charge is 0.392 e. The molecule has 2 rings (SSSR count). The highest BCUT2D eigenvalue weighted by atomic mass is 32.1. The van der Waals surface area contributed by atoms with Crippen LogP contribution in [0.5, 0.6) is 0 Å². The molecule has 1 aliphatic rings. The first kappa shape index (κ1) is 14.4. The molecule has 0 aromatic carbocycles. The lowest BCUT2D eigenvalue weighted by Crippen LogP contribution is -2.52. The Morgan fingerprint density at radius 2 is 2.05 bits per heavy atom. The molecule has 1 saturated heterocycles. The van der Waals surface area contributed by atoms with E-state index in [0.717, 1.165) is 38.4 Å². The predicted molar refractivity (Wildman–Crippen MR) is 81.0 cm³/mol. The Bertz CT molecular complexity index is 448. The molecule has 0 radical (unpaired) electrons. The van der Waals surface area contributed by atoms with Gasteiger partial charge < -0.3 is 5.73 Å². The van der Waals surface area contributed by atoms with Gasteiger partial charge in [0.2, 0.25) is 0 Å². The highest BCUT2D eigenvalue weighted by Crippen LogP contribution is 2.11. The van der Waals surface area contributed by atoms with Crippen molar-refractivity contribution in [2.24, 2.45) is 12.8 Å². The number of aromatic nitrogens is 2. The van der Waals surface area contributed by atoms with Crippen molar-refractivity contribution in [3.63, 3.8) is 0 Å². The van der Waals surface area contributed by atoms with E-state index in [1.807, 2.05) is 18.7 Å². The summed E-state index contributed by atoms with van der Waals surface area (Å²) in [7, 11) is 2.01. The lowest BCUT2D eigenvalue weighted by Gasteiger charge is -2.37. The SMILES string of the molecule is Cc1cc(CN2CCN(C(C)C(N)=S)CC2)n(C)n1. The molecule has 2 N–H and O–H groups in total. The highest BCUT2D eigenvalue weighted by Gasteiger charge is 2.22.